The highest BCUT2D eigenvalue weighted by Crippen LogP contribution is 2.20. The number of imidazole rings is 1. The van der Waals surface area contributed by atoms with Crippen LogP contribution in [0.2, 0.25) is 0 Å². The van der Waals surface area contributed by atoms with Crippen LogP contribution in [-0.4, -0.2) is 9.55 Å². The van der Waals surface area contributed by atoms with Crippen molar-refractivity contribution in [2.75, 3.05) is 0 Å². The van der Waals surface area contributed by atoms with Crippen molar-refractivity contribution in [3.63, 3.8) is 0 Å². The molecule has 0 bridgehead atoms. The minimum absolute atomic E-state index is 0.233. The molecule has 3 nitrogen and oxygen atoms in total. The molecule has 0 fully saturated rings. The number of benzene rings is 1. The maximum atomic E-state index is 13.0. The molecule has 2 rings (SSSR count). The number of hydrogen-bond acceptors (Lipinski definition) is 2. The van der Waals surface area contributed by atoms with E-state index in [9.17, 15) is 4.39 Å². The summed E-state index contributed by atoms with van der Waals surface area (Å²) in [6.07, 6.45) is 5.30. The summed E-state index contributed by atoms with van der Waals surface area (Å²) in [6, 6.07) is 4.21. The lowest BCUT2D eigenvalue weighted by atomic mass is 10.3. The second-order valence-electron chi connectivity index (χ2n) is 3.68. The largest absolute Gasteiger partial charge is 0.322 e. The minimum Gasteiger partial charge on any atom is -0.322 e. The number of nitrogens with zero attached hydrogens (tertiary/aromatic N) is 2. The Morgan fingerprint density at radius 2 is 2.38 bits per heavy atom. The Labute approximate surface area is 93.1 Å². The Kier molecular flexibility index (Phi) is 2.63. The van der Waals surface area contributed by atoms with E-state index in [0.29, 0.717) is 17.9 Å². The van der Waals surface area contributed by atoms with Crippen molar-refractivity contribution in [3.8, 4) is 12.3 Å². The molecule has 82 valence electrons. The number of halogens is 1. The molecule has 1 aromatic carbocycles. The SMILES string of the molecule is C#CCn1c(C(C)N)nc2cc(F)ccc21. The lowest BCUT2D eigenvalue weighted by molar-refractivity contribution is 0.629. The summed E-state index contributed by atoms with van der Waals surface area (Å²) in [5, 5.41) is 0. The Morgan fingerprint density at radius 1 is 1.62 bits per heavy atom. The maximum Gasteiger partial charge on any atom is 0.127 e. The quantitative estimate of drug-likeness (QED) is 0.780. The van der Waals surface area contributed by atoms with Gasteiger partial charge in [-0.25, -0.2) is 9.37 Å². The third-order valence-corrected chi connectivity index (χ3v) is 2.40. The van der Waals surface area contributed by atoms with E-state index in [0.717, 1.165) is 5.52 Å². The Morgan fingerprint density at radius 3 is 3.00 bits per heavy atom. The van der Waals surface area contributed by atoms with Gasteiger partial charge in [0.05, 0.1) is 23.6 Å². The van der Waals surface area contributed by atoms with E-state index in [-0.39, 0.29) is 11.9 Å². The molecule has 0 spiro atoms. The van der Waals surface area contributed by atoms with Gasteiger partial charge in [0.25, 0.3) is 0 Å². The summed E-state index contributed by atoms with van der Waals surface area (Å²) >= 11 is 0. The highest BCUT2D eigenvalue weighted by molar-refractivity contribution is 5.76. The number of hydrogen-bond donors (Lipinski definition) is 1. The van der Waals surface area contributed by atoms with Gasteiger partial charge in [-0.15, -0.1) is 6.42 Å². The van der Waals surface area contributed by atoms with Gasteiger partial charge in [-0.1, -0.05) is 5.92 Å². The van der Waals surface area contributed by atoms with E-state index >= 15 is 0 Å². The molecule has 0 aliphatic carbocycles. The highest BCUT2D eigenvalue weighted by Gasteiger charge is 2.13. The van der Waals surface area contributed by atoms with Gasteiger partial charge < -0.3 is 10.3 Å². The average Bonchev–Trinajstić information content (AvgIpc) is 2.57. The van der Waals surface area contributed by atoms with Crippen molar-refractivity contribution in [1.82, 2.24) is 9.55 Å². The zero-order valence-electron chi connectivity index (χ0n) is 8.94. The summed E-state index contributed by atoms with van der Waals surface area (Å²) in [5.74, 6) is 2.91. The minimum atomic E-state index is -0.311. The van der Waals surface area contributed by atoms with Crippen LogP contribution in [0.1, 0.15) is 18.8 Å². The second-order valence-corrected chi connectivity index (χ2v) is 3.68. The average molecular weight is 217 g/mol. The molecule has 0 aliphatic heterocycles. The summed E-state index contributed by atoms with van der Waals surface area (Å²) in [5.41, 5.74) is 7.20. The van der Waals surface area contributed by atoms with Crippen molar-refractivity contribution < 1.29 is 4.39 Å². The number of terminal acetylenes is 1. The predicted octanol–water partition coefficient (Wildman–Crippen LogP) is 1.83. The first-order valence-electron chi connectivity index (χ1n) is 4.98. The van der Waals surface area contributed by atoms with E-state index in [1.807, 2.05) is 11.5 Å². The number of nitrogens with two attached hydrogens (primary N) is 1. The predicted molar refractivity (Wildman–Crippen MR) is 61.1 cm³/mol. The second kappa shape index (κ2) is 3.95. The van der Waals surface area contributed by atoms with Gasteiger partial charge >= 0.3 is 0 Å². The van der Waals surface area contributed by atoms with Crippen LogP contribution in [0.5, 0.6) is 0 Å². The maximum absolute atomic E-state index is 13.0. The smallest absolute Gasteiger partial charge is 0.127 e. The molecule has 2 N–H and O–H groups in total. The molecule has 4 heteroatoms. The molecular weight excluding hydrogens is 205 g/mol. The van der Waals surface area contributed by atoms with Crippen molar-refractivity contribution in [2.24, 2.45) is 5.73 Å². The monoisotopic (exact) mass is 217 g/mol. The van der Waals surface area contributed by atoms with Gasteiger partial charge in [0.15, 0.2) is 0 Å². The summed E-state index contributed by atoms with van der Waals surface area (Å²) in [6.45, 7) is 2.21. The molecule has 1 heterocycles. The van der Waals surface area contributed by atoms with Crippen molar-refractivity contribution >= 4 is 11.0 Å². The van der Waals surface area contributed by atoms with Crippen molar-refractivity contribution in [2.45, 2.75) is 19.5 Å². The van der Waals surface area contributed by atoms with Gasteiger partial charge in [-0.3, -0.25) is 0 Å². The number of aromatic nitrogens is 2. The fourth-order valence-corrected chi connectivity index (χ4v) is 1.73. The Balaban J connectivity index is 2.71. The van der Waals surface area contributed by atoms with Crippen LogP contribution in [0.25, 0.3) is 11.0 Å². The summed E-state index contributed by atoms with van der Waals surface area (Å²) < 4.78 is 14.9. The van der Waals surface area contributed by atoms with Crippen LogP contribution < -0.4 is 5.73 Å². The third-order valence-electron chi connectivity index (χ3n) is 2.40. The molecule has 0 saturated heterocycles. The van der Waals surface area contributed by atoms with Crippen LogP contribution in [0.15, 0.2) is 18.2 Å². The third kappa shape index (κ3) is 1.66. The fourth-order valence-electron chi connectivity index (χ4n) is 1.73. The molecule has 0 amide bonds. The molecule has 1 aromatic heterocycles. The van der Waals surface area contributed by atoms with Gasteiger partial charge in [0, 0.05) is 6.07 Å². The Hall–Kier alpha value is -1.86. The first kappa shape index (κ1) is 10.7. The van der Waals surface area contributed by atoms with E-state index in [4.69, 9.17) is 12.2 Å². The first-order valence-corrected chi connectivity index (χ1v) is 4.98. The van der Waals surface area contributed by atoms with Crippen molar-refractivity contribution in [1.29, 1.82) is 0 Å². The fraction of sp³-hybridized carbons (Fsp3) is 0.250. The first-order chi connectivity index (χ1) is 7.63. The molecular formula is C12H12FN3. The number of fused-ring (bicyclic) bond motifs is 1. The summed E-state index contributed by atoms with van der Waals surface area (Å²) in [4.78, 5) is 4.29. The van der Waals surface area contributed by atoms with Crippen LogP contribution >= 0.6 is 0 Å². The van der Waals surface area contributed by atoms with Crippen LogP contribution in [0.3, 0.4) is 0 Å². The zero-order valence-corrected chi connectivity index (χ0v) is 8.94. The van der Waals surface area contributed by atoms with Gasteiger partial charge in [0.2, 0.25) is 0 Å². The Bertz CT molecular complexity index is 563. The summed E-state index contributed by atoms with van der Waals surface area (Å²) in [7, 11) is 0. The van der Waals surface area contributed by atoms with Gasteiger partial charge in [-0.2, -0.15) is 0 Å². The van der Waals surface area contributed by atoms with Crippen LogP contribution in [0, 0.1) is 18.2 Å². The molecule has 16 heavy (non-hydrogen) atoms. The van der Waals surface area contributed by atoms with E-state index < -0.39 is 0 Å². The van der Waals surface area contributed by atoms with Gasteiger partial charge in [0.1, 0.15) is 11.6 Å². The molecule has 0 saturated carbocycles. The molecule has 1 atom stereocenters. The number of rotatable bonds is 2. The van der Waals surface area contributed by atoms with Crippen LogP contribution in [-0.2, 0) is 6.54 Å². The van der Waals surface area contributed by atoms with Crippen LogP contribution in [0.4, 0.5) is 4.39 Å². The normalized spacial score (nSPS) is 12.6. The van der Waals surface area contributed by atoms with Crippen molar-refractivity contribution in [3.05, 3.63) is 29.8 Å². The molecule has 1 unspecified atom stereocenters. The zero-order chi connectivity index (χ0) is 11.7. The molecule has 0 aliphatic rings. The van der Waals surface area contributed by atoms with E-state index in [1.165, 1.54) is 12.1 Å². The molecule has 0 radical (unpaired) electrons. The van der Waals surface area contributed by atoms with Gasteiger partial charge in [-0.05, 0) is 19.1 Å². The molecule has 2 aromatic rings. The van der Waals surface area contributed by atoms with E-state index in [2.05, 4.69) is 10.9 Å². The lowest BCUT2D eigenvalue weighted by Gasteiger charge is -2.07. The highest BCUT2D eigenvalue weighted by atomic mass is 19.1. The topological polar surface area (TPSA) is 43.8 Å². The lowest BCUT2D eigenvalue weighted by Crippen LogP contribution is -2.13. The standard InChI is InChI=1S/C12H12FN3/c1-3-6-16-11-5-4-9(13)7-10(11)15-12(16)8(2)14/h1,4-5,7-8H,6,14H2,2H3. The van der Waals surface area contributed by atoms with E-state index in [1.54, 1.807) is 6.07 Å².